The first-order valence-electron chi connectivity index (χ1n) is 11.6. The summed E-state index contributed by atoms with van der Waals surface area (Å²) in [7, 11) is 0. The number of pyridine rings is 1. The van der Waals surface area contributed by atoms with Crippen molar-refractivity contribution in [1.82, 2.24) is 4.57 Å². The van der Waals surface area contributed by atoms with E-state index in [0.717, 1.165) is 11.1 Å². The standard InChI is InChI=1S/C29H24N2O4/c1-19-16-24-25(27(33)30(19)17-20-10-4-2-5-11-20)28(34)26(32)22-14-8-9-15-23(22)29(28,35)31(24)18-21-12-6-3-7-13-21/h2-16,34-35H,17-18H2,1H3. The van der Waals surface area contributed by atoms with Gasteiger partial charge < -0.3 is 19.7 Å². The molecule has 2 N–H and O–H groups in total. The van der Waals surface area contributed by atoms with Crippen molar-refractivity contribution in [2.45, 2.75) is 31.3 Å². The number of rotatable bonds is 4. The molecule has 2 heterocycles. The van der Waals surface area contributed by atoms with Crippen LogP contribution in [0.3, 0.4) is 0 Å². The highest BCUT2D eigenvalue weighted by molar-refractivity contribution is 6.11. The van der Waals surface area contributed by atoms with Gasteiger partial charge in [0.25, 0.3) is 5.56 Å². The fourth-order valence-corrected chi connectivity index (χ4v) is 5.57. The second-order valence-corrected chi connectivity index (χ2v) is 9.25. The van der Waals surface area contributed by atoms with Crippen LogP contribution in [-0.2, 0) is 24.4 Å². The first kappa shape index (κ1) is 21.5. The van der Waals surface area contributed by atoms with Crippen LogP contribution in [0.4, 0.5) is 5.69 Å². The third kappa shape index (κ3) is 2.78. The number of aromatic nitrogens is 1. The van der Waals surface area contributed by atoms with Crippen molar-refractivity contribution in [3.8, 4) is 0 Å². The van der Waals surface area contributed by atoms with Crippen molar-refractivity contribution in [3.05, 3.63) is 135 Å². The molecule has 174 valence electrons. The van der Waals surface area contributed by atoms with Gasteiger partial charge in [-0.05, 0) is 24.1 Å². The molecule has 0 fully saturated rings. The van der Waals surface area contributed by atoms with Crippen LogP contribution >= 0.6 is 0 Å². The van der Waals surface area contributed by atoms with E-state index in [1.54, 1.807) is 39.8 Å². The lowest BCUT2D eigenvalue weighted by atomic mass is 9.86. The molecule has 0 spiro atoms. The molecule has 1 aromatic heterocycles. The van der Waals surface area contributed by atoms with Crippen LogP contribution in [0.15, 0.2) is 95.8 Å². The Hall–Kier alpha value is -4.00. The zero-order valence-corrected chi connectivity index (χ0v) is 19.2. The van der Waals surface area contributed by atoms with Crippen LogP contribution in [0.1, 0.15) is 38.3 Å². The lowest BCUT2D eigenvalue weighted by Crippen LogP contribution is -2.55. The molecule has 0 radical (unpaired) electrons. The van der Waals surface area contributed by atoms with E-state index in [1.165, 1.54) is 0 Å². The monoisotopic (exact) mass is 464 g/mol. The number of anilines is 1. The van der Waals surface area contributed by atoms with Gasteiger partial charge in [-0.25, -0.2) is 0 Å². The summed E-state index contributed by atoms with van der Waals surface area (Å²) in [6.07, 6.45) is 0. The molecule has 0 amide bonds. The normalized spacial score (nSPS) is 22.1. The minimum atomic E-state index is -2.43. The Morgan fingerprint density at radius 1 is 0.771 bits per heavy atom. The molecular weight excluding hydrogens is 440 g/mol. The van der Waals surface area contributed by atoms with Gasteiger partial charge in [-0.15, -0.1) is 0 Å². The van der Waals surface area contributed by atoms with Gasteiger partial charge in [0, 0.05) is 23.4 Å². The number of nitrogens with zero attached hydrogens (tertiary/aromatic N) is 2. The molecule has 0 saturated heterocycles. The molecule has 6 rings (SSSR count). The van der Waals surface area contributed by atoms with E-state index in [4.69, 9.17) is 0 Å². The predicted octanol–water partition coefficient (Wildman–Crippen LogP) is 3.45. The van der Waals surface area contributed by atoms with E-state index in [2.05, 4.69) is 0 Å². The van der Waals surface area contributed by atoms with Crippen molar-refractivity contribution in [2.75, 3.05) is 4.90 Å². The average Bonchev–Trinajstić information content (AvgIpc) is 3.17. The summed E-state index contributed by atoms with van der Waals surface area (Å²) >= 11 is 0. The molecule has 0 bridgehead atoms. The highest BCUT2D eigenvalue weighted by Crippen LogP contribution is 2.59. The van der Waals surface area contributed by atoms with Gasteiger partial charge >= 0.3 is 0 Å². The van der Waals surface area contributed by atoms with Gasteiger partial charge in [-0.2, -0.15) is 0 Å². The Bertz CT molecular complexity index is 1530. The number of aryl methyl sites for hydroxylation is 1. The summed E-state index contributed by atoms with van der Waals surface area (Å²) in [5.41, 5.74) is -1.76. The lowest BCUT2D eigenvalue weighted by Gasteiger charge is -2.38. The third-order valence-electron chi connectivity index (χ3n) is 7.28. The molecule has 3 aromatic carbocycles. The van der Waals surface area contributed by atoms with Crippen LogP contribution in [0, 0.1) is 6.92 Å². The van der Waals surface area contributed by atoms with Crippen LogP contribution in [0.25, 0.3) is 0 Å². The lowest BCUT2D eigenvalue weighted by molar-refractivity contribution is -0.119. The molecular formula is C29H24N2O4. The van der Waals surface area contributed by atoms with Crippen LogP contribution in [0.2, 0.25) is 0 Å². The van der Waals surface area contributed by atoms with Crippen LogP contribution < -0.4 is 10.5 Å². The zero-order chi connectivity index (χ0) is 24.4. The molecule has 6 nitrogen and oxygen atoms in total. The van der Waals surface area contributed by atoms with Gasteiger partial charge in [0.15, 0.2) is 0 Å². The maximum absolute atomic E-state index is 14.0. The van der Waals surface area contributed by atoms with E-state index in [-0.39, 0.29) is 24.2 Å². The van der Waals surface area contributed by atoms with Crippen LogP contribution in [0.5, 0.6) is 0 Å². The topological polar surface area (TPSA) is 82.8 Å². The molecule has 35 heavy (non-hydrogen) atoms. The summed E-state index contributed by atoms with van der Waals surface area (Å²) in [4.78, 5) is 29.3. The highest BCUT2D eigenvalue weighted by atomic mass is 16.4. The van der Waals surface area contributed by atoms with Gasteiger partial charge in [0.2, 0.25) is 17.1 Å². The van der Waals surface area contributed by atoms with Gasteiger partial charge in [0.1, 0.15) is 0 Å². The Kier molecular flexibility index (Phi) is 4.61. The molecule has 1 aliphatic carbocycles. The summed E-state index contributed by atoms with van der Waals surface area (Å²) in [6, 6.07) is 27.5. The number of benzene rings is 3. The quantitative estimate of drug-likeness (QED) is 0.484. The van der Waals surface area contributed by atoms with Gasteiger partial charge in [-0.1, -0.05) is 84.9 Å². The van der Waals surface area contributed by atoms with E-state index in [9.17, 15) is 19.8 Å². The van der Waals surface area contributed by atoms with E-state index in [0.29, 0.717) is 16.9 Å². The number of fused-ring (bicyclic) bond motifs is 5. The molecule has 1 aliphatic heterocycles. The van der Waals surface area contributed by atoms with E-state index in [1.807, 2.05) is 67.6 Å². The first-order valence-corrected chi connectivity index (χ1v) is 11.6. The number of carbonyl (C=O) groups is 1. The van der Waals surface area contributed by atoms with E-state index >= 15 is 0 Å². The third-order valence-corrected chi connectivity index (χ3v) is 7.28. The summed E-state index contributed by atoms with van der Waals surface area (Å²) < 4.78 is 1.55. The summed E-state index contributed by atoms with van der Waals surface area (Å²) in [5, 5.41) is 24.3. The highest BCUT2D eigenvalue weighted by Gasteiger charge is 2.72. The second-order valence-electron chi connectivity index (χ2n) is 9.25. The Morgan fingerprint density at radius 3 is 2.00 bits per heavy atom. The van der Waals surface area contributed by atoms with Crippen LogP contribution in [-0.4, -0.2) is 20.6 Å². The number of carbonyl (C=O) groups excluding carboxylic acids is 1. The number of ketones is 1. The second kappa shape index (κ2) is 7.50. The van der Waals surface area contributed by atoms with Crippen molar-refractivity contribution in [1.29, 1.82) is 0 Å². The smallest absolute Gasteiger partial charge is 0.259 e. The Labute approximate surface area is 202 Å². The Balaban J connectivity index is 1.62. The molecule has 4 aromatic rings. The van der Waals surface area contributed by atoms with Crippen molar-refractivity contribution >= 4 is 11.5 Å². The fourth-order valence-electron chi connectivity index (χ4n) is 5.57. The first-order chi connectivity index (χ1) is 16.9. The largest absolute Gasteiger partial charge is 0.372 e. The maximum Gasteiger partial charge on any atom is 0.259 e. The van der Waals surface area contributed by atoms with Crippen molar-refractivity contribution in [3.63, 3.8) is 0 Å². The predicted molar refractivity (Wildman–Crippen MR) is 132 cm³/mol. The molecule has 6 heteroatoms. The van der Waals surface area contributed by atoms with Gasteiger partial charge in [0.05, 0.1) is 17.8 Å². The fraction of sp³-hybridized carbons (Fsp3) is 0.172. The molecule has 2 unspecified atom stereocenters. The SMILES string of the molecule is Cc1cc2c(c(=O)n1Cc1ccccc1)C1(O)C(=O)c3ccccc3C1(O)N2Cc1ccccc1. The number of hydrogen-bond acceptors (Lipinski definition) is 5. The minimum absolute atomic E-state index is 0.0846. The maximum atomic E-state index is 14.0. The summed E-state index contributed by atoms with van der Waals surface area (Å²) in [6.45, 7) is 2.31. The number of Topliss-reactive ketones (excluding diaryl/α,β-unsaturated/α-hetero) is 1. The summed E-state index contributed by atoms with van der Waals surface area (Å²) in [5.74, 6) is -0.667. The van der Waals surface area contributed by atoms with Crippen molar-refractivity contribution < 1.29 is 15.0 Å². The zero-order valence-electron chi connectivity index (χ0n) is 19.2. The molecule has 0 saturated carbocycles. The Morgan fingerprint density at radius 2 is 1.34 bits per heavy atom. The average molecular weight is 465 g/mol. The molecule has 2 aliphatic rings. The van der Waals surface area contributed by atoms with Gasteiger partial charge in [-0.3, -0.25) is 9.59 Å². The number of hydrogen-bond donors (Lipinski definition) is 2. The van der Waals surface area contributed by atoms with E-state index < -0.39 is 22.7 Å². The number of aliphatic hydroxyl groups is 2. The molecule has 2 atom stereocenters. The van der Waals surface area contributed by atoms with Crippen molar-refractivity contribution in [2.24, 2.45) is 0 Å². The minimum Gasteiger partial charge on any atom is -0.372 e.